The summed E-state index contributed by atoms with van der Waals surface area (Å²) in [5.74, 6) is -0.500. The second kappa shape index (κ2) is 7.91. The molecule has 0 spiro atoms. The maximum Gasteiger partial charge on any atom is 0.410 e. The van der Waals surface area contributed by atoms with Crippen molar-refractivity contribution in [3.8, 4) is 22.5 Å². The number of ether oxygens (including phenoxy) is 1. The third-order valence-corrected chi connectivity index (χ3v) is 5.23. The third-order valence-electron chi connectivity index (χ3n) is 5.23. The summed E-state index contributed by atoms with van der Waals surface area (Å²) in [4.78, 5) is 33.7. The summed E-state index contributed by atoms with van der Waals surface area (Å²) in [5.41, 5.74) is 11.0. The van der Waals surface area contributed by atoms with Gasteiger partial charge in [0.1, 0.15) is 5.60 Å². The van der Waals surface area contributed by atoms with E-state index in [1.807, 2.05) is 45.0 Å². The van der Waals surface area contributed by atoms with E-state index in [0.717, 1.165) is 28.8 Å². The van der Waals surface area contributed by atoms with Crippen LogP contribution in [0, 0.1) is 0 Å². The molecule has 0 unspecified atom stereocenters. The molecule has 3 heterocycles. The van der Waals surface area contributed by atoms with Gasteiger partial charge in [-0.3, -0.25) is 9.78 Å². The lowest BCUT2D eigenvalue weighted by atomic mass is 9.95. The Morgan fingerprint density at radius 3 is 2.48 bits per heavy atom. The van der Waals surface area contributed by atoms with Crippen molar-refractivity contribution in [1.82, 2.24) is 14.9 Å². The number of carbonyl (C=O) groups excluding carboxylic acids is 2. The molecule has 4 rings (SSSR count). The fourth-order valence-corrected chi connectivity index (χ4v) is 3.76. The molecule has 0 fully saturated rings. The van der Waals surface area contributed by atoms with Gasteiger partial charge in [0.2, 0.25) is 0 Å². The molecule has 2 aromatic heterocycles. The fraction of sp³-hybridized carbons (Fsp3) is 0.292. The van der Waals surface area contributed by atoms with E-state index >= 15 is 0 Å². The van der Waals surface area contributed by atoms with Crippen LogP contribution in [-0.2, 0) is 17.7 Å². The number of carbonyl (C=O) groups is 2. The highest BCUT2D eigenvalue weighted by atomic mass is 16.6. The zero-order valence-electron chi connectivity index (χ0n) is 17.9. The molecular weight excluding hydrogens is 392 g/mol. The van der Waals surface area contributed by atoms with Crippen LogP contribution >= 0.6 is 0 Å². The number of nitrogens with one attached hydrogen (secondary N) is 1. The number of rotatable bonds is 3. The second-order valence-electron chi connectivity index (χ2n) is 8.71. The van der Waals surface area contributed by atoms with E-state index in [-0.39, 0.29) is 6.09 Å². The van der Waals surface area contributed by atoms with E-state index in [1.165, 1.54) is 5.56 Å². The van der Waals surface area contributed by atoms with Gasteiger partial charge in [0.15, 0.2) is 0 Å². The fourth-order valence-electron chi connectivity index (χ4n) is 3.76. The number of primary amides is 1. The van der Waals surface area contributed by atoms with Crippen molar-refractivity contribution >= 4 is 12.0 Å². The van der Waals surface area contributed by atoms with Crippen molar-refractivity contribution in [3.05, 3.63) is 65.5 Å². The number of fused-ring (bicyclic) bond motifs is 1. The Hall–Kier alpha value is -3.61. The molecule has 3 N–H and O–H groups in total. The van der Waals surface area contributed by atoms with Crippen LogP contribution in [0.15, 0.2) is 48.8 Å². The van der Waals surface area contributed by atoms with Crippen LogP contribution in [0.3, 0.4) is 0 Å². The lowest BCUT2D eigenvalue weighted by molar-refractivity contribution is 0.0224. The maximum absolute atomic E-state index is 12.5. The number of hydrogen-bond donors (Lipinski definition) is 2. The predicted octanol–water partition coefficient (Wildman–Crippen LogP) is 4.14. The van der Waals surface area contributed by atoms with Gasteiger partial charge in [-0.25, -0.2) is 4.79 Å². The lowest BCUT2D eigenvalue weighted by Gasteiger charge is -2.31. The number of aromatic amines is 1. The summed E-state index contributed by atoms with van der Waals surface area (Å²) in [6, 6.07) is 11.5. The van der Waals surface area contributed by atoms with Gasteiger partial charge in [-0.1, -0.05) is 12.1 Å². The predicted molar refractivity (Wildman–Crippen MR) is 118 cm³/mol. The largest absolute Gasteiger partial charge is 0.444 e. The van der Waals surface area contributed by atoms with Gasteiger partial charge in [-0.2, -0.15) is 0 Å². The molecule has 0 aliphatic carbocycles. The smallest absolute Gasteiger partial charge is 0.410 e. The molecule has 0 bridgehead atoms. The Bertz CT molecular complexity index is 1130. The van der Waals surface area contributed by atoms with Crippen LogP contribution in [-0.4, -0.2) is 39.0 Å². The summed E-state index contributed by atoms with van der Waals surface area (Å²) in [6.45, 7) is 6.65. The number of amides is 2. The molecule has 0 radical (unpaired) electrons. The molecule has 3 aromatic rings. The molecule has 0 saturated heterocycles. The van der Waals surface area contributed by atoms with E-state index in [9.17, 15) is 9.59 Å². The van der Waals surface area contributed by atoms with Gasteiger partial charge in [-0.05, 0) is 68.1 Å². The Morgan fingerprint density at radius 2 is 1.81 bits per heavy atom. The standard InChI is InChI=1S/C24H26N4O3/c1-24(2,3)31-23(30)28-11-8-15-4-5-17(12-18(15)14-28)21-19(22(25)29)13-20(27-21)16-6-9-26-10-7-16/h4-7,9-10,12-13,27H,8,11,14H2,1-3H3,(H2,25,29). The monoisotopic (exact) mass is 418 g/mol. The molecular formula is C24H26N4O3. The van der Waals surface area contributed by atoms with E-state index < -0.39 is 11.5 Å². The molecule has 1 aliphatic heterocycles. The van der Waals surface area contributed by atoms with Crippen LogP contribution in [0.2, 0.25) is 0 Å². The number of hydrogen-bond acceptors (Lipinski definition) is 4. The average molecular weight is 418 g/mol. The molecule has 1 aromatic carbocycles. The SMILES string of the molecule is CC(C)(C)OC(=O)N1CCc2ccc(-c3[nH]c(-c4ccncc4)cc3C(N)=O)cc2C1. The molecule has 31 heavy (non-hydrogen) atoms. The number of pyridine rings is 1. The summed E-state index contributed by atoms with van der Waals surface area (Å²) in [7, 11) is 0. The minimum atomic E-state index is -0.538. The first kappa shape index (κ1) is 20.7. The van der Waals surface area contributed by atoms with E-state index in [2.05, 4.69) is 16.0 Å². The normalized spacial score (nSPS) is 13.6. The molecule has 7 heteroatoms. The highest BCUT2D eigenvalue weighted by Gasteiger charge is 2.26. The summed E-state index contributed by atoms with van der Waals surface area (Å²) in [5, 5.41) is 0. The Kier molecular flexibility index (Phi) is 5.27. The molecule has 0 saturated carbocycles. The average Bonchev–Trinajstić information content (AvgIpc) is 3.18. The van der Waals surface area contributed by atoms with Gasteiger partial charge in [0.05, 0.1) is 11.3 Å². The lowest BCUT2D eigenvalue weighted by Crippen LogP contribution is -2.39. The van der Waals surface area contributed by atoms with Crippen molar-refractivity contribution in [2.75, 3.05) is 6.54 Å². The van der Waals surface area contributed by atoms with Crippen LogP contribution < -0.4 is 5.73 Å². The Balaban J connectivity index is 1.67. The second-order valence-corrected chi connectivity index (χ2v) is 8.71. The molecule has 1 aliphatic rings. The van der Waals surface area contributed by atoms with Crippen LogP contribution in [0.1, 0.15) is 42.3 Å². The number of benzene rings is 1. The zero-order valence-corrected chi connectivity index (χ0v) is 17.9. The molecule has 7 nitrogen and oxygen atoms in total. The van der Waals surface area contributed by atoms with Crippen molar-refractivity contribution in [2.45, 2.75) is 39.3 Å². The van der Waals surface area contributed by atoms with Crippen LogP contribution in [0.4, 0.5) is 4.79 Å². The highest BCUT2D eigenvalue weighted by molar-refractivity contribution is 6.00. The van der Waals surface area contributed by atoms with Gasteiger partial charge >= 0.3 is 6.09 Å². The number of H-pyrrole nitrogens is 1. The van der Waals surface area contributed by atoms with Crippen molar-refractivity contribution in [2.24, 2.45) is 5.73 Å². The molecule has 160 valence electrons. The first-order valence-electron chi connectivity index (χ1n) is 10.2. The molecule has 2 amide bonds. The van der Waals surface area contributed by atoms with Gasteiger partial charge in [0.25, 0.3) is 5.91 Å². The number of nitrogens with two attached hydrogens (primary N) is 1. The van der Waals surface area contributed by atoms with Crippen LogP contribution in [0.5, 0.6) is 0 Å². The quantitative estimate of drug-likeness (QED) is 0.667. The van der Waals surface area contributed by atoms with Crippen molar-refractivity contribution < 1.29 is 14.3 Å². The summed E-state index contributed by atoms with van der Waals surface area (Å²) < 4.78 is 5.52. The van der Waals surface area contributed by atoms with E-state index in [0.29, 0.717) is 24.3 Å². The number of nitrogens with zero attached hydrogens (tertiary/aromatic N) is 2. The summed E-state index contributed by atoms with van der Waals surface area (Å²) in [6.07, 6.45) is 3.83. The minimum absolute atomic E-state index is 0.318. The topological polar surface area (TPSA) is 101 Å². The zero-order chi connectivity index (χ0) is 22.2. The van der Waals surface area contributed by atoms with E-state index in [4.69, 9.17) is 10.5 Å². The Morgan fingerprint density at radius 1 is 1.06 bits per heavy atom. The maximum atomic E-state index is 12.5. The van der Waals surface area contributed by atoms with Crippen molar-refractivity contribution in [3.63, 3.8) is 0 Å². The van der Waals surface area contributed by atoms with Gasteiger partial charge in [-0.15, -0.1) is 0 Å². The number of aromatic nitrogens is 2. The van der Waals surface area contributed by atoms with Crippen molar-refractivity contribution in [1.29, 1.82) is 0 Å². The van der Waals surface area contributed by atoms with Gasteiger partial charge in [0, 0.05) is 36.7 Å². The first-order valence-corrected chi connectivity index (χ1v) is 10.2. The highest BCUT2D eigenvalue weighted by Crippen LogP contribution is 2.31. The van der Waals surface area contributed by atoms with Crippen LogP contribution in [0.25, 0.3) is 22.5 Å². The van der Waals surface area contributed by atoms with Gasteiger partial charge < -0.3 is 20.4 Å². The van der Waals surface area contributed by atoms with E-state index in [1.54, 1.807) is 23.4 Å². The Labute approximate surface area is 181 Å². The molecule has 0 atom stereocenters. The first-order chi connectivity index (χ1) is 14.7. The minimum Gasteiger partial charge on any atom is -0.444 e. The summed E-state index contributed by atoms with van der Waals surface area (Å²) >= 11 is 0. The third kappa shape index (κ3) is 4.45.